The van der Waals surface area contributed by atoms with Gasteiger partial charge in [0.15, 0.2) is 0 Å². The van der Waals surface area contributed by atoms with Gasteiger partial charge in [0.1, 0.15) is 5.75 Å². The maximum absolute atomic E-state index is 6.03. The summed E-state index contributed by atoms with van der Waals surface area (Å²) in [6.07, 6.45) is 3.28. The Hall–Kier alpha value is -1.51. The molecular formula is C18H22ClNO. The Morgan fingerprint density at radius 1 is 1.14 bits per heavy atom. The van der Waals surface area contributed by atoms with Crippen molar-refractivity contribution in [2.75, 3.05) is 14.2 Å². The number of hydrogen-bond acceptors (Lipinski definition) is 2. The van der Waals surface area contributed by atoms with Gasteiger partial charge in [-0.3, -0.25) is 0 Å². The van der Waals surface area contributed by atoms with Crippen LogP contribution >= 0.6 is 11.6 Å². The molecule has 2 aromatic carbocycles. The van der Waals surface area contributed by atoms with Gasteiger partial charge in [-0.05, 0) is 44.0 Å². The van der Waals surface area contributed by atoms with E-state index in [0.29, 0.717) is 5.02 Å². The van der Waals surface area contributed by atoms with E-state index in [1.807, 2.05) is 25.2 Å². The monoisotopic (exact) mass is 303 g/mol. The van der Waals surface area contributed by atoms with Gasteiger partial charge < -0.3 is 10.1 Å². The van der Waals surface area contributed by atoms with Gasteiger partial charge in [-0.25, -0.2) is 0 Å². The number of nitrogens with one attached hydrogen (secondary N) is 1. The first kappa shape index (κ1) is 15.9. The summed E-state index contributed by atoms with van der Waals surface area (Å²) in [5, 5.41) is 4.08. The Morgan fingerprint density at radius 3 is 2.57 bits per heavy atom. The summed E-state index contributed by atoms with van der Waals surface area (Å²) in [7, 11) is 3.67. The molecule has 1 unspecified atom stereocenters. The largest absolute Gasteiger partial charge is 0.496 e. The molecule has 0 saturated heterocycles. The predicted octanol–water partition coefficient (Wildman–Crippen LogP) is 4.63. The second-order valence-electron chi connectivity index (χ2n) is 5.11. The third-order valence-corrected chi connectivity index (χ3v) is 3.96. The molecule has 0 aliphatic heterocycles. The zero-order chi connectivity index (χ0) is 15.1. The third kappa shape index (κ3) is 4.48. The van der Waals surface area contributed by atoms with E-state index in [9.17, 15) is 0 Å². The molecule has 21 heavy (non-hydrogen) atoms. The highest BCUT2D eigenvalue weighted by Crippen LogP contribution is 2.30. The Labute approximate surface area is 132 Å². The average molecular weight is 304 g/mol. The number of aryl methyl sites for hydroxylation is 1. The molecule has 0 aliphatic carbocycles. The van der Waals surface area contributed by atoms with E-state index in [0.717, 1.165) is 30.6 Å². The zero-order valence-electron chi connectivity index (χ0n) is 12.6. The summed E-state index contributed by atoms with van der Waals surface area (Å²) in [6, 6.07) is 16.7. The molecule has 0 aromatic heterocycles. The van der Waals surface area contributed by atoms with Gasteiger partial charge in [0, 0.05) is 16.6 Å². The van der Waals surface area contributed by atoms with Crippen LogP contribution in [-0.2, 0) is 6.42 Å². The van der Waals surface area contributed by atoms with Crippen LogP contribution < -0.4 is 10.1 Å². The molecule has 2 nitrogen and oxygen atoms in total. The van der Waals surface area contributed by atoms with Crippen LogP contribution in [0.25, 0.3) is 0 Å². The van der Waals surface area contributed by atoms with Crippen molar-refractivity contribution in [3.8, 4) is 5.75 Å². The van der Waals surface area contributed by atoms with Gasteiger partial charge in [-0.1, -0.05) is 48.0 Å². The number of benzene rings is 2. The van der Waals surface area contributed by atoms with Gasteiger partial charge in [0.25, 0.3) is 0 Å². The van der Waals surface area contributed by atoms with Crippen molar-refractivity contribution in [3.63, 3.8) is 0 Å². The predicted molar refractivity (Wildman–Crippen MR) is 89.2 cm³/mol. The summed E-state index contributed by atoms with van der Waals surface area (Å²) in [4.78, 5) is 0. The molecule has 3 heteroatoms. The van der Waals surface area contributed by atoms with Crippen LogP contribution in [0.4, 0.5) is 0 Å². The second kappa shape index (κ2) is 8.06. The zero-order valence-corrected chi connectivity index (χ0v) is 13.4. The first-order valence-electron chi connectivity index (χ1n) is 7.29. The molecule has 0 heterocycles. The fraction of sp³-hybridized carbons (Fsp3) is 0.333. The maximum Gasteiger partial charge on any atom is 0.125 e. The van der Waals surface area contributed by atoms with E-state index < -0.39 is 0 Å². The molecule has 2 rings (SSSR count). The molecule has 0 saturated carbocycles. The molecule has 112 valence electrons. The lowest BCUT2D eigenvalue weighted by Crippen LogP contribution is -2.17. The number of rotatable bonds is 7. The SMILES string of the molecule is CNC(CCCc1ccccc1)c1ccc(Cl)cc1OC. The summed E-state index contributed by atoms with van der Waals surface area (Å²) in [5.74, 6) is 0.849. The van der Waals surface area contributed by atoms with Crippen molar-refractivity contribution in [1.82, 2.24) is 5.32 Å². The van der Waals surface area contributed by atoms with Crippen molar-refractivity contribution in [2.45, 2.75) is 25.3 Å². The molecular weight excluding hydrogens is 282 g/mol. The fourth-order valence-corrected chi connectivity index (χ4v) is 2.75. The molecule has 2 aromatic rings. The summed E-state index contributed by atoms with van der Waals surface area (Å²) < 4.78 is 5.45. The van der Waals surface area contributed by atoms with Crippen LogP contribution in [0.2, 0.25) is 5.02 Å². The minimum absolute atomic E-state index is 0.279. The van der Waals surface area contributed by atoms with Crippen LogP contribution in [0.1, 0.15) is 30.0 Å². The van der Waals surface area contributed by atoms with Gasteiger partial charge in [-0.15, -0.1) is 0 Å². The summed E-state index contributed by atoms with van der Waals surface area (Å²) in [6.45, 7) is 0. The lowest BCUT2D eigenvalue weighted by Gasteiger charge is -2.19. The molecule has 0 amide bonds. The molecule has 0 fully saturated rings. The van der Waals surface area contributed by atoms with E-state index in [1.165, 1.54) is 5.56 Å². The number of hydrogen-bond donors (Lipinski definition) is 1. The van der Waals surface area contributed by atoms with Crippen LogP contribution in [0.3, 0.4) is 0 Å². The van der Waals surface area contributed by atoms with E-state index in [-0.39, 0.29) is 6.04 Å². The molecule has 0 radical (unpaired) electrons. The lowest BCUT2D eigenvalue weighted by atomic mass is 9.98. The molecule has 0 spiro atoms. The first-order valence-corrected chi connectivity index (χ1v) is 7.67. The Bertz CT molecular complexity index is 556. The van der Waals surface area contributed by atoms with Crippen LogP contribution in [0.15, 0.2) is 48.5 Å². The van der Waals surface area contributed by atoms with Crippen molar-refractivity contribution in [1.29, 1.82) is 0 Å². The van der Waals surface area contributed by atoms with Crippen LogP contribution in [0.5, 0.6) is 5.75 Å². The molecule has 0 aliphatic rings. The van der Waals surface area contributed by atoms with Crippen molar-refractivity contribution in [2.24, 2.45) is 0 Å². The van der Waals surface area contributed by atoms with E-state index >= 15 is 0 Å². The number of methoxy groups -OCH3 is 1. The molecule has 1 N–H and O–H groups in total. The number of halogens is 1. The lowest BCUT2D eigenvalue weighted by molar-refractivity contribution is 0.397. The maximum atomic E-state index is 6.03. The third-order valence-electron chi connectivity index (χ3n) is 3.72. The Balaban J connectivity index is 2.00. The fourth-order valence-electron chi connectivity index (χ4n) is 2.58. The van der Waals surface area contributed by atoms with Crippen molar-refractivity contribution >= 4 is 11.6 Å². The average Bonchev–Trinajstić information content (AvgIpc) is 2.53. The van der Waals surface area contributed by atoms with Gasteiger partial charge in [-0.2, -0.15) is 0 Å². The highest BCUT2D eigenvalue weighted by molar-refractivity contribution is 6.30. The molecule has 0 bridgehead atoms. The normalized spacial score (nSPS) is 12.1. The smallest absolute Gasteiger partial charge is 0.125 e. The van der Waals surface area contributed by atoms with E-state index in [4.69, 9.17) is 16.3 Å². The first-order chi connectivity index (χ1) is 10.2. The van der Waals surface area contributed by atoms with Crippen LogP contribution in [0, 0.1) is 0 Å². The van der Waals surface area contributed by atoms with Crippen LogP contribution in [-0.4, -0.2) is 14.2 Å². The minimum atomic E-state index is 0.279. The highest BCUT2D eigenvalue weighted by Gasteiger charge is 2.14. The Morgan fingerprint density at radius 2 is 1.90 bits per heavy atom. The highest BCUT2D eigenvalue weighted by atomic mass is 35.5. The van der Waals surface area contributed by atoms with Crippen molar-refractivity contribution in [3.05, 3.63) is 64.7 Å². The van der Waals surface area contributed by atoms with E-state index in [2.05, 4.69) is 35.6 Å². The Kier molecular flexibility index (Phi) is 6.09. The quantitative estimate of drug-likeness (QED) is 0.805. The standard InChI is InChI=1S/C18H22ClNO/c1-20-17(10-6-9-14-7-4-3-5-8-14)16-12-11-15(19)13-18(16)21-2/h3-5,7-8,11-13,17,20H,6,9-10H2,1-2H3. The second-order valence-corrected chi connectivity index (χ2v) is 5.54. The summed E-state index contributed by atoms with van der Waals surface area (Å²) >= 11 is 6.03. The van der Waals surface area contributed by atoms with Gasteiger partial charge in [0.05, 0.1) is 7.11 Å². The topological polar surface area (TPSA) is 21.3 Å². The van der Waals surface area contributed by atoms with Crippen molar-refractivity contribution < 1.29 is 4.74 Å². The minimum Gasteiger partial charge on any atom is -0.496 e. The van der Waals surface area contributed by atoms with E-state index in [1.54, 1.807) is 7.11 Å². The molecule has 1 atom stereocenters. The summed E-state index contributed by atoms with van der Waals surface area (Å²) in [5.41, 5.74) is 2.55. The van der Waals surface area contributed by atoms with Gasteiger partial charge in [0.2, 0.25) is 0 Å². The van der Waals surface area contributed by atoms with Gasteiger partial charge >= 0.3 is 0 Å². The number of ether oxygens (including phenoxy) is 1.